The lowest BCUT2D eigenvalue weighted by Gasteiger charge is -2.05. The zero-order valence-corrected chi connectivity index (χ0v) is 9.49. The molecule has 85 valence electrons. The molecule has 4 heteroatoms. The van der Waals surface area contributed by atoms with Crippen LogP contribution in [0, 0.1) is 6.20 Å². The summed E-state index contributed by atoms with van der Waals surface area (Å²) in [6.07, 6.45) is 8.06. The van der Waals surface area contributed by atoms with Crippen molar-refractivity contribution in [2.75, 3.05) is 0 Å². The van der Waals surface area contributed by atoms with Crippen LogP contribution in [0.5, 0.6) is 0 Å². The summed E-state index contributed by atoms with van der Waals surface area (Å²) >= 11 is 0. The van der Waals surface area contributed by atoms with Crippen LogP contribution in [0.1, 0.15) is 0 Å². The molecule has 0 atom stereocenters. The van der Waals surface area contributed by atoms with Crippen LogP contribution in [-0.4, -0.2) is 20.2 Å². The van der Waals surface area contributed by atoms with Gasteiger partial charge in [0, 0.05) is 23.5 Å². The Morgan fingerprint density at radius 1 is 0.833 bits per heavy atom. The molecule has 0 unspecified atom stereocenters. The molecule has 1 radical (unpaired) electrons. The lowest BCUT2D eigenvalue weighted by molar-refractivity contribution is 1.02. The van der Waals surface area contributed by atoms with Gasteiger partial charge in [0.25, 0.3) is 0 Å². The molecular formula is C14H9N4. The van der Waals surface area contributed by atoms with E-state index in [-0.39, 0.29) is 0 Å². The van der Waals surface area contributed by atoms with E-state index in [2.05, 4.69) is 26.4 Å². The molecule has 0 saturated heterocycles. The Morgan fingerprint density at radius 2 is 1.56 bits per heavy atom. The van der Waals surface area contributed by atoms with E-state index in [1.54, 1.807) is 18.6 Å². The van der Waals surface area contributed by atoms with E-state index in [1.807, 2.05) is 36.4 Å². The van der Waals surface area contributed by atoms with Crippen LogP contribution >= 0.6 is 0 Å². The van der Waals surface area contributed by atoms with E-state index in [1.165, 1.54) is 0 Å². The summed E-state index contributed by atoms with van der Waals surface area (Å²) in [5.74, 6) is 0. The van der Waals surface area contributed by atoms with Gasteiger partial charge in [0.1, 0.15) is 6.20 Å². The van der Waals surface area contributed by atoms with Crippen LogP contribution < -0.4 is 0 Å². The highest BCUT2D eigenvalue weighted by atomic mass is 15.1. The molecule has 0 amide bonds. The molecular weight excluding hydrogens is 224 g/mol. The maximum Gasteiger partial charge on any atom is 0.124 e. The van der Waals surface area contributed by atoms with Crippen molar-refractivity contribution in [1.82, 2.24) is 20.2 Å². The van der Waals surface area contributed by atoms with Crippen molar-refractivity contribution in [2.45, 2.75) is 0 Å². The Labute approximate surface area is 104 Å². The molecule has 0 N–H and O–H groups in total. The van der Waals surface area contributed by atoms with Crippen LogP contribution in [0.15, 0.2) is 55.0 Å². The molecule has 0 aliphatic rings. The molecule has 0 aliphatic heterocycles. The second-order valence-corrected chi connectivity index (χ2v) is 3.68. The Bertz CT molecular complexity index is 580. The molecule has 0 bridgehead atoms. The van der Waals surface area contributed by atoms with Crippen LogP contribution in [0.3, 0.4) is 0 Å². The molecule has 3 aromatic rings. The van der Waals surface area contributed by atoms with Gasteiger partial charge in [0.15, 0.2) is 0 Å². The average Bonchev–Trinajstić information content (AvgIpc) is 2.49. The highest BCUT2D eigenvalue weighted by Gasteiger charge is 2.09. The first-order valence-electron chi connectivity index (χ1n) is 5.51. The third-order valence-electron chi connectivity index (χ3n) is 2.54. The van der Waals surface area contributed by atoms with Crippen LogP contribution in [0.2, 0.25) is 0 Å². The van der Waals surface area contributed by atoms with Crippen molar-refractivity contribution < 1.29 is 0 Å². The molecule has 3 rings (SSSR count). The standard InChI is InChI=1S/C14H9N4/c1-3-7-15-13(5-1)11-9-17-18-10-12(11)14-6-2-4-8-16-14/h1-9H. The Kier molecular flexibility index (Phi) is 2.75. The molecule has 0 saturated carbocycles. The summed E-state index contributed by atoms with van der Waals surface area (Å²) in [5.41, 5.74) is 3.34. The van der Waals surface area contributed by atoms with Crippen molar-refractivity contribution in [2.24, 2.45) is 0 Å². The summed E-state index contributed by atoms with van der Waals surface area (Å²) in [5, 5.41) is 7.68. The predicted molar refractivity (Wildman–Crippen MR) is 67.3 cm³/mol. The number of pyridine rings is 2. The zero-order chi connectivity index (χ0) is 12.2. The number of rotatable bonds is 2. The highest BCUT2D eigenvalue weighted by Crippen LogP contribution is 2.27. The lowest BCUT2D eigenvalue weighted by atomic mass is 10.1. The van der Waals surface area contributed by atoms with E-state index in [0.29, 0.717) is 0 Å². The SMILES string of the molecule is [c]1nncc(-c2ccccn2)c1-c1ccccn1. The molecule has 3 aromatic heterocycles. The minimum Gasteiger partial charge on any atom is -0.256 e. The first-order chi connectivity index (χ1) is 8.95. The molecule has 0 fully saturated rings. The molecule has 18 heavy (non-hydrogen) atoms. The molecule has 0 aromatic carbocycles. The van der Waals surface area contributed by atoms with Gasteiger partial charge in [0.05, 0.1) is 17.6 Å². The van der Waals surface area contributed by atoms with E-state index in [4.69, 9.17) is 0 Å². The number of aromatic nitrogens is 4. The Hall–Kier alpha value is -2.62. The van der Waals surface area contributed by atoms with Gasteiger partial charge in [0.2, 0.25) is 0 Å². The summed E-state index contributed by atoms with van der Waals surface area (Å²) in [6.45, 7) is 0. The predicted octanol–water partition coefficient (Wildman–Crippen LogP) is 2.40. The van der Waals surface area contributed by atoms with Crippen molar-refractivity contribution in [3.05, 3.63) is 61.2 Å². The van der Waals surface area contributed by atoms with Crippen LogP contribution in [0.25, 0.3) is 22.5 Å². The van der Waals surface area contributed by atoms with Crippen molar-refractivity contribution in [3.63, 3.8) is 0 Å². The van der Waals surface area contributed by atoms with Gasteiger partial charge >= 0.3 is 0 Å². The Balaban J connectivity index is 2.18. The molecule has 0 spiro atoms. The van der Waals surface area contributed by atoms with Gasteiger partial charge in [-0.1, -0.05) is 12.1 Å². The second-order valence-electron chi connectivity index (χ2n) is 3.68. The van der Waals surface area contributed by atoms with Gasteiger partial charge in [-0.3, -0.25) is 9.97 Å². The molecule has 3 heterocycles. The van der Waals surface area contributed by atoms with Gasteiger partial charge in [-0.2, -0.15) is 5.10 Å². The molecule has 0 aliphatic carbocycles. The summed E-state index contributed by atoms with van der Waals surface area (Å²) < 4.78 is 0. The second kappa shape index (κ2) is 4.71. The minimum atomic E-state index is 0.810. The first kappa shape index (κ1) is 10.5. The van der Waals surface area contributed by atoms with Crippen molar-refractivity contribution in [1.29, 1.82) is 0 Å². The molecule has 4 nitrogen and oxygen atoms in total. The monoisotopic (exact) mass is 233 g/mol. The van der Waals surface area contributed by atoms with E-state index in [9.17, 15) is 0 Å². The van der Waals surface area contributed by atoms with Crippen molar-refractivity contribution >= 4 is 0 Å². The van der Waals surface area contributed by atoms with Gasteiger partial charge in [-0.25, -0.2) is 0 Å². The van der Waals surface area contributed by atoms with Gasteiger partial charge in [-0.05, 0) is 24.3 Å². The fourth-order valence-corrected chi connectivity index (χ4v) is 1.71. The zero-order valence-electron chi connectivity index (χ0n) is 9.49. The topological polar surface area (TPSA) is 51.6 Å². The largest absolute Gasteiger partial charge is 0.256 e. The normalized spacial score (nSPS) is 10.2. The quantitative estimate of drug-likeness (QED) is 0.682. The van der Waals surface area contributed by atoms with Crippen LogP contribution in [0.4, 0.5) is 0 Å². The van der Waals surface area contributed by atoms with E-state index >= 15 is 0 Å². The lowest BCUT2D eigenvalue weighted by Crippen LogP contribution is -1.93. The van der Waals surface area contributed by atoms with Crippen LogP contribution in [-0.2, 0) is 0 Å². The van der Waals surface area contributed by atoms with Gasteiger partial charge in [-0.15, -0.1) is 5.10 Å². The Morgan fingerprint density at radius 3 is 2.22 bits per heavy atom. The number of hydrogen-bond donors (Lipinski definition) is 0. The average molecular weight is 233 g/mol. The number of hydrogen-bond acceptors (Lipinski definition) is 4. The maximum atomic E-state index is 4.32. The van der Waals surface area contributed by atoms with E-state index < -0.39 is 0 Å². The van der Waals surface area contributed by atoms with Crippen molar-refractivity contribution in [3.8, 4) is 22.5 Å². The first-order valence-corrected chi connectivity index (χ1v) is 5.51. The maximum absolute atomic E-state index is 4.32. The summed E-state index contributed by atoms with van der Waals surface area (Å²) in [4.78, 5) is 8.63. The summed E-state index contributed by atoms with van der Waals surface area (Å²) in [6, 6.07) is 11.5. The number of nitrogens with zero attached hydrogens (tertiary/aromatic N) is 4. The fraction of sp³-hybridized carbons (Fsp3) is 0. The fourth-order valence-electron chi connectivity index (χ4n) is 1.71. The van der Waals surface area contributed by atoms with Gasteiger partial charge < -0.3 is 0 Å². The third kappa shape index (κ3) is 1.96. The smallest absolute Gasteiger partial charge is 0.124 e. The highest BCUT2D eigenvalue weighted by molar-refractivity contribution is 5.78. The summed E-state index contributed by atoms with van der Waals surface area (Å²) in [7, 11) is 0. The van der Waals surface area contributed by atoms with E-state index in [0.717, 1.165) is 22.5 Å². The third-order valence-corrected chi connectivity index (χ3v) is 2.54. The minimum absolute atomic E-state index is 0.810.